The van der Waals surface area contributed by atoms with E-state index in [0.29, 0.717) is 11.3 Å². The molecule has 31 heavy (non-hydrogen) atoms. The third-order valence-corrected chi connectivity index (χ3v) is 5.12. The second kappa shape index (κ2) is 9.16. The SMILES string of the molecule is CCOC(=O)c1ccc(N2C(=O)C(O)=C(C(=O)CC(C)C)C2c2cccc(C)c2)cc1. The number of aliphatic hydroxyl groups is 1. The quantitative estimate of drug-likeness (QED) is 0.656. The zero-order valence-electron chi connectivity index (χ0n) is 18.2. The fraction of sp³-hybridized carbons (Fsp3) is 0.320. The van der Waals surface area contributed by atoms with Gasteiger partial charge in [0, 0.05) is 12.1 Å². The Hall–Kier alpha value is -3.41. The molecule has 0 spiro atoms. The van der Waals surface area contributed by atoms with Gasteiger partial charge in [-0.2, -0.15) is 0 Å². The number of hydrogen-bond donors (Lipinski definition) is 1. The van der Waals surface area contributed by atoms with E-state index in [9.17, 15) is 19.5 Å². The molecule has 162 valence electrons. The van der Waals surface area contributed by atoms with Crippen LogP contribution in [-0.4, -0.2) is 29.4 Å². The van der Waals surface area contributed by atoms with E-state index in [0.717, 1.165) is 11.1 Å². The number of ether oxygens (including phenoxy) is 1. The molecule has 1 unspecified atom stereocenters. The summed E-state index contributed by atoms with van der Waals surface area (Å²) in [5, 5.41) is 10.7. The third-order valence-electron chi connectivity index (χ3n) is 5.12. The predicted molar refractivity (Wildman–Crippen MR) is 118 cm³/mol. The van der Waals surface area contributed by atoms with E-state index >= 15 is 0 Å². The Morgan fingerprint density at radius 2 is 1.81 bits per heavy atom. The molecule has 0 saturated carbocycles. The molecule has 6 heteroatoms. The van der Waals surface area contributed by atoms with Gasteiger partial charge in [0.25, 0.3) is 5.91 Å². The van der Waals surface area contributed by atoms with Gasteiger partial charge in [0.05, 0.1) is 23.8 Å². The lowest BCUT2D eigenvalue weighted by atomic mass is 9.91. The zero-order chi connectivity index (χ0) is 22.7. The van der Waals surface area contributed by atoms with Crippen LogP contribution in [0, 0.1) is 12.8 Å². The molecule has 2 aromatic carbocycles. The lowest BCUT2D eigenvalue weighted by Crippen LogP contribution is -2.31. The highest BCUT2D eigenvalue weighted by atomic mass is 16.5. The summed E-state index contributed by atoms with van der Waals surface area (Å²) in [6, 6.07) is 13.2. The number of carbonyl (C=O) groups excluding carboxylic acids is 3. The molecule has 1 aliphatic rings. The number of anilines is 1. The average Bonchev–Trinajstić information content (AvgIpc) is 2.99. The van der Waals surface area contributed by atoms with E-state index in [1.54, 1.807) is 31.2 Å². The molecular weight excluding hydrogens is 394 g/mol. The van der Waals surface area contributed by atoms with E-state index in [4.69, 9.17) is 4.74 Å². The first-order chi connectivity index (χ1) is 14.7. The highest BCUT2D eigenvalue weighted by Crippen LogP contribution is 2.41. The molecule has 6 nitrogen and oxygen atoms in total. The molecule has 0 bridgehead atoms. The first-order valence-corrected chi connectivity index (χ1v) is 10.4. The second-order valence-corrected chi connectivity index (χ2v) is 8.04. The first-order valence-electron chi connectivity index (χ1n) is 10.4. The molecule has 1 heterocycles. The summed E-state index contributed by atoms with van der Waals surface area (Å²) in [6.45, 7) is 7.75. The van der Waals surface area contributed by atoms with Crippen LogP contribution >= 0.6 is 0 Å². The van der Waals surface area contributed by atoms with Crippen molar-refractivity contribution >= 4 is 23.3 Å². The third kappa shape index (κ3) is 4.53. The summed E-state index contributed by atoms with van der Waals surface area (Å²) >= 11 is 0. The van der Waals surface area contributed by atoms with Crippen molar-refractivity contribution in [2.24, 2.45) is 5.92 Å². The Kier molecular flexibility index (Phi) is 6.59. The maximum atomic E-state index is 13.1. The molecule has 1 amide bonds. The van der Waals surface area contributed by atoms with Crippen molar-refractivity contribution in [2.75, 3.05) is 11.5 Å². The monoisotopic (exact) mass is 421 g/mol. The summed E-state index contributed by atoms with van der Waals surface area (Å²) < 4.78 is 5.01. The van der Waals surface area contributed by atoms with Crippen LogP contribution in [-0.2, 0) is 14.3 Å². The van der Waals surface area contributed by atoms with Gasteiger partial charge in [-0.1, -0.05) is 43.7 Å². The van der Waals surface area contributed by atoms with E-state index in [1.807, 2.05) is 45.0 Å². The smallest absolute Gasteiger partial charge is 0.338 e. The minimum absolute atomic E-state index is 0.0824. The average molecular weight is 421 g/mol. The topological polar surface area (TPSA) is 83.9 Å². The van der Waals surface area contributed by atoms with Gasteiger partial charge in [-0.05, 0) is 49.6 Å². The van der Waals surface area contributed by atoms with Crippen molar-refractivity contribution < 1.29 is 24.2 Å². The zero-order valence-corrected chi connectivity index (χ0v) is 18.2. The molecule has 0 saturated heterocycles. The number of ketones is 1. The number of amides is 1. The second-order valence-electron chi connectivity index (χ2n) is 8.04. The van der Waals surface area contributed by atoms with Gasteiger partial charge in [0.2, 0.25) is 0 Å². The molecule has 0 aliphatic carbocycles. The van der Waals surface area contributed by atoms with Gasteiger partial charge >= 0.3 is 5.97 Å². The Morgan fingerprint density at radius 3 is 2.39 bits per heavy atom. The Balaban J connectivity index is 2.07. The lowest BCUT2D eigenvalue weighted by Gasteiger charge is -2.27. The van der Waals surface area contributed by atoms with Crippen LogP contribution in [0.3, 0.4) is 0 Å². The fourth-order valence-corrected chi connectivity index (χ4v) is 3.77. The molecule has 1 atom stereocenters. The van der Waals surface area contributed by atoms with Gasteiger partial charge in [-0.15, -0.1) is 0 Å². The van der Waals surface area contributed by atoms with Crippen LogP contribution in [0.4, 0.5) is 5.69 Å². The number of hydrogen-bond acceptors (Lipinski definition) is 5. The van der Waals surface area contributed by atoms with Gasteiger partial charge in [0.1, 0.15) is 0 Å². The van der Waals surface area contributed by atoms with E-state index in [-0.39, 0.29) is 30.3 Å². The highest BCUT2D eigenvalue weighted by Gasteiger charge is 2.44. The summed E-state index contributed by atoms with van der Waals surface area (Å²) in [5.41, 5.74) is 2.66. The number of nitrogens with zero attached hydrogens (tertiary/aromatic N) is 1. The van der Waals surface area contributed by atoms with Crippen molar-refractivity contribution in [1.29, 1.82) is 0 Å². The van der Waals surface area contributed by atoms with Crippen molar-refractivity contribution in [2.45, 2.75) is 40.2 Å². The molecule has 1 aliphatic heterocycles. The van der Waals surface area contributed by atoms with E-state index in [1.165, 1.54) is 4.90 Å². The van der Waals surface area contributed by atoms with Crippen LogP contribution in [0.2, 0.25) is 0 Å². The van der Waals surface area contributed by atoms with Crippen LogP contribution in [0.15, 0.2) is 59.9 Å². The summed E-state index contributed by atoms with van der Waals surface area (Å²) in [6.07, 6.45) is 0.227. The van der Waals surface area contributed by atoms with Crippen LogP contribution < -0.4 is 4.90 Å². The van der Waals surface area contributed by atoms with Crippen LogP contribution in [0.25, 0.3) is 0 Å². The van der Waals surface area contributed by atoms with Gasteiger partial charge in [0.15, 0.2) is 11.5 Å². The number of esters is 1. The number of carbonyl (C=O) groups is 3. The highest BCUT2D eigenvalue weighted by molar-refractivity contribution is 6.16. The largest absolute Gasteiger partial charge is 0.503 e. The molecule has 3 rings (SSSR count). The Bertz CT molecular complexity index is 1040. The molecule has 1 N–H and O–H groups in total. The Morgan fingerprint density at radius 1 is 1.13 bits per heavy atom. The van der Waals surface area contributed by atoms with E-state index < -0.39 is 23.7 Å². The van der Waals surface area contributed by atoms with Gasteiger partial charge in [-0.25, -0.2) is 4.79 Å². The predicted octanol–water partition coefficient (Wildman–Crippen LogP) is 4.69. The summed E-state index contributed by atoms with van der Waals surface area (Å²) in [7, 11) is 0. The van der Waals surface area contributed by atoms with Gasteiger partial charge < -0.3 is 9.84 Å². The summed E-state index contributed by atoms with van der Waals surface area (Å²) in [5.74, 6) is -1.78. The number of aliphatic hydroxyl groups excluding tert-OH is 1. The summed E-state index contributed by atoms with van der Waals surface area (Å²) in [4.78, 5) is 39.5. The lowest BCUT2D eigenvalue weighted by molar-refractivity contribution is -0.118. The molecule has 2 aromatic rings. The Labute approximate surface area is 182 Å². The van der Waals surface area contributed by atoms with E-state index in [2.05, 4.69) is 0 Å². The minimum atomic E-state index is -0.743. The molecular formula is C25H27NO5. The standard InChI is InChI=1S/C25H27NO5/c1-5-31-25(30)17-9-11-19(12-10-17)26-22(18-8-6-7-16(4)14-18)21(23(28)24(26)29)20(27)13-15(2)3/h6-12,14-15,22,28H,5,13H2,1-4H3. The van der Waals surface area contributed by atoms with Crippen molar-refractivity contribution in [3.63, 3.8) is 0 Å². The molecule has 0 radical (unpaired) electrons. The van der Waals surface area contributed by atoms with Crippen LogP contribution in [0.1, 0.15) is 54.7 Å². The maximum absolute atomic E-state index is 13.1. The van der Waals surface area contributed by atoms with Gasteiger partial charge in [-0.3, -0.25) is 14.5 Å². The number of aryl methyl sites for hydroxylation is 1. The minimum Gasteiger partial charge on any atom is -0.503 e. The first kappa shape index (κ1) is 22.3. The van der Waals surface area contributed by atoms with Crippen molar-refractivity contribution in [3.8, 4) is 0 Å². The molecule has 0 fully saturated rings. The number of benzene rings is 2. The number of rotatable bonds is 7. The van der Waals surface area contributed by atoms with Crippen molar-refractivity contribution in [3.05, 3.63) is 76.6 Å². The van der Waals surface area contributed by atoms with Crippen molar-refractivity contribution in [1.82, 2.24) is 0 Å². The fourth-order valence-electron chi connectivity index (χ4n) is 3.77. The number of Topliss-reactive ketones (excluding diaryl/α,β-unsaturated/α-hetero) is 1. The van der Waals surface area contributed by atoms with Crippen LogP contribution in [0.5, 0.6) is 0 Å². The molecule has 0 aromatic heterocycles. The normalized spacial score (nSPS) is 16.2. The maximum Gasteiger partial charge on any atom is 0.338 e.